The number of nitrogens with zero attached hydrogens (tertiary/aromatic N) is 3. The smallest absolute Gasteiger partial charge is 0.0782 e. The number of aromatic nitrogens is 2. The maximum Gasteiger partial charge on any atom is 0.0782 e. The van der Waals surface area contributed by atoms with Crippen LogP contribution in [0.15, 0.2) is 273 Å². The summed E-state index contributed by atoms with van der Waals surface area (Å²) < 4.78 is 4.81. The van der Waals surface area contributed by atoms with Gasteiger partial charge in [0.1, 0.15) is 0 Å². The molecule has 0 atom stereocenters. The molecule has 0 unspecified atom stereocenters. The summed E-state index contributed by atoms with van der Waals surface area (Å²) in [5.41, 5.74) is 17.5. The second-order valence-corrected chi connectivity index (χ2v) is 18.5. The van der Waals surface area contributed by atoms with E-state index in [1.54, 1.807) is 0 Å². The minimum Gasteiger partial charge on any atom is -0.309 e. The Morgan fingerprint density at radius 2 is 0.746 bits per heavy atom. The SMILES string of the molecule is c1ccc(-c2cccc3cccc(-c4ccc(N(c5ccc6cc(-c7ccc(-n8c9ccccc9c9ccccc98)cc7)ccc6c5)c5cccc6c7ccccc7n(-c7ccccc7)c56)cc4)c23)cc1. The van der Waals surface area contributed by atoms with Crippen LogP contribution in [0.25, 0.3) is 110 Å². The Balaban J connectivity index is 0.901. The van der Waals surface area contributed by atoms with Crippen molar-refractivity contribution in [1.29, 1.82) is 0 Å². The second kappa shape index (κ2) is 16.7. The van der Waals surface area contributed by atoms with Crippen molar-refractivity contribution in [1.82, 2.24) is 9.13 Å². The van der Waals surface area contributed by atoms with Crippen molar-refractivity contribution in [2.75, 3.05) is 4.90 Å². The fourth-order valence-electron chi connectivity index (χ4n) is 11.2. The normalized spacial score (nSPS) is 11.7. The van der Waals surface area contributed by atoms with Crippen LogP contribution in [-0.4, -0.2) is 9.13 Å². The molecule has 0 bridgehead atoms. The van der Waals surface area contributed by atoms with Crippen molar-refractivity contribution < 1.29 is 0 Å². The van der Waals surface area contributed by atoms with Gasteiger partial charge in [0.15, 0.2) is 0 Å². The molecular formula is C68H45N3. The first-order chi connectivity index (χ1) is 35.2. The molecule has 0 aliphatic carbocycles. The van der Waals surface area contributed by atoms with Crippen LogP contribution in [0.1, 0.15) is 0 Å². The van der Waals surface area contributed by atoms with E-state index in [1.807, 2.05) is 0 Å². The molecule has 3 heteroatoms. The largest absolute Gasteiger partial charge is 0.309 e. The Labute approximate surface area is 412 Å². The fraction of sp³-hybridized carbons (Fsp3) is 0. The van der Waals surface area contributed by atoms with E-state index in [4.69, 9.17) is 0 Å². The van der Waals surface area contributed by atoms with E-state index in [0.717, 1.165) is 34.0 Å². The first-order valence-electron chi connectivity index (χ1n) is 24.4. The molecule has 0 spiro atoms. The summed E-state index contributed by atoms with van der Waals surface area (Å²) in [6, 6.07) is 99.7. The lowest BCUT2D eigenvalue weighted by Gasteiger charge is -2.28. The fourth-order valence-corrected chi connectivity index (χ4v) is 11.2. The number of rotatable bonds is 8. The number of fused-ring (bicyclic) bond motifs is 8. The third-order valence-corrected chi connectivity index (χ3v) is 14.5. The third kappa shape index (κ3) is 6.74. The Bertz CT molecular complexity index is 4260. The predicted octanol–water partition coefficient (Wildman–Crippen LogP) is 18.7. The number of anilines is 3. The number of hydrogen-bond donors (Lipinski definition) is 0. The maximum absolute atomic E-state index is 2.45. The highest BCUT2D eigenvalue weighted by Gasteiger charge is 2.22. The average molecular weight is 904 g/mol. The van der Waals surface area contributed by atoms with Gasteiger partial charge in [0.05, 0.1) is 27.8 Å². The monoisotopic (exact) mass is 903 g/mol. The minimum atomic E-state index is 1.08. The highest BCUT2D eigenvalue weighted by molar-refractivity contribution is 6.15. The molecule has 0 saturated carbocycles. The van der Waals surface area contributed by atoms with Crippen molar-refractivity contribution >= 4 is 82.2 Å². The number of hydrogen-bond acceptors (Lipinski definition) is 1. The van der Waals surface area contributed by atoms with Crippen LogP contribution in [0.3, 0.4) is 0 Å². The van der Waals surface area contributed by atoms with Gasteiger partial charge in [0.2, 0.25) is 0 Å². The Morgan fingerprint density at radius 1 is 0.268 bits per heavy atom. The van der Waals surface area contributed by atoms with E-state index >= 15 is 0 Å². The highest BCUT2D eigenvalue weighted by atomic mass is 15.2. The molecule has 14 rings (SSSR count). The van der Waals surface area contributed by atoms with E-state index in [-0.39, 0.29) is 0 Å². The first-order valence-corrected chi connectivity index (χ1v) is 24.4. The molecule has 0 radical (unpaired) electrons. The lowest BCUT2D eigenvalue weighted by atomic mass is 9.91. The number of benzene rings is 12. The zero-order valence-corrected chi connectivity index (χ0v) is 38.8. The molecule has 71 heavy (non-hydrogen) atoms. The maximum atomic E-state index is 2.45. The molecule has 0 aliphatic heterocycles. The van der Waals surface area contributed by atoms with Gasteiger partial charge >= 0.3 is 0 Å². The molecule has 0 fully saturated rings. The van der Waals surface area contributed by atoms with Crippen molar-refractivity contribution in [3.8, 4) is 44.8 Å². The summed E-state index contributed by atoms with van der Waals surface area (Å²) in [5, 5.41) is 9.83. The summed E-state index contributed by atoms with van der Waals surface area (Å²) in [4.78, 5) is 2.45. The molecule has 2 heterocycles. The van der Waals surface area contributed by atoms with E-state index in [2.05, 4.69) is 287 Å². The molecule has 3 nitrogen and oxygen atoms in total. The zero-order valence-electron chi connectivity index (χ0n) is 38.8. The van der Waals surface area contributed by atoms with Gasteiger partial charge in [-0.25, -0.2) is 0 Å². The van der Waals surface area contributed by atoms with Gasteiger partial charge in [-0.05, 0) is 134 Å². The van der Waals surface area contributed by atoms with Crippen LogP contribution in [0.5, 0.6) is 0 Å². The topological polar surface area (TPSA) is 13.1 Å². The molecule has 2 aromatic heterocycles. The highest BCUT2D eigenvalue weighted by Crippen LogP contribution is 2.45. The van der Waals surface area contributed by atoms with Crippen molar-refractivity contribution in [3.05, 3.63) is 273 Å². The molecule has 14 aromatic rings. The Hall–Kier alpha value is -9.44. The summed E-state index contributed by atoms with van der Waals surface area (Å²) in [7, 11) is 0. The third-order valence-electron chi connectivity index (χ3n) is 14.5. The summed E-state index contributed by atoms with van der Waals surface area (Å²) in [5.74, 6) is 0. The van der Waals surface area contributed by atoms with Crippen LogP contribution < -0.4 is 4.90 Å². The zero-order chi connectivity index (χ0) is 46.8. The molecular weight excluding hydrogens is 859 g/mol. The lowest BCUT2D eigenvalue weighted by Crippen LogP contribution is -2.11. The van der Waals surface area contributed by atoms with Gasteiger partial charge in [-0.2, -0.15) is 0 Å². The molecule has 0 saturated heterocycles. The molecule has 332 valence electrons. The molecule has 0 aliphatic rings. The van der Waals surface area contributed by atoms with Gasteiger partial charge in [-0.3, -0.25) is 0 Å². The van der Waals surface area contributed by atoms with Crippen LogP contribution in [0.2, 0.25) is 0 Å². The van der Waals surface area contributed by atoms with Crippen molar-refractivity contribution in [3.63, 3.8) is 0 Å². The van der Waals surface area contributed by atoms with Crippen LogP contribution in [0, 0.1) is 0 Å². The lowest BCUT2D eigenvalue weighted by molar-refractivity contribution is 1.17. The number of para-hydroxylation sites is 5. The first kappa shape index (κ1) is 40.6. The summed E-state index contributed by atoms with van der Waals surface area (Å²) in [6.45, 7) is 0. The standard InChI is InChI=1S/C68H45N3/c1-3-16-47(17-4-1)57-25-13-18-49-19-14-26-58(67(49)57)48-36-41-54(42-37-48)69(66-31-15-27-62-61-24-9-12-30-65(61)71(68(62)66)53-20-5-2-6-21-53)56-43-38-51-44-50(32-33-52(51)45-56)46-34-39-55(40-35-46)70-63-28-10-7-22-59(63)60-23-8-11-29-64(60)70/h1-45H. The van der Waals surface area contributed by atoms with Crippen molar-refractivity contribution in [2.24, 2.45) is 0 Å². The Kier molecular flexibility index (Phi) is 9.53. The van der Waals surface area contributed by atoms with Crippen LogP contribution >= 0.6 is 0 Å². The van der Waals surface area contributed by atoms with E-state index in [0.29, 0.717) is 0 Å². The van der Waals surface area contributed by atoms with Gasteiger partial charge in [0, 0.05) is 44.3 Å². The minimum absolute atomic E-state index is 1.08. The van der Waals surface area contributed by atoms with Gasteiger partial charge < -0.3 is 14.0 Å². The van der Waals surface area contributed by atoms with Gasteiger partial charge in [0.25, 0.3) is 0 Å². The van der Waals surface area contributed by atoms with Crippen LogP contribution in [0.4, 0.5) is 17.1 Å². The van der Waals surface area contributed by atoms with E-state index < -0.39 is 0 Å². The van der Waals surface area contributed by atoms with Gasteiger partial charge in [-0.15, -0.1) is 0 Å². The Morgan fingerprint density at radius 3 is 1.42 bits per heavy atom. The predicted molar refractivity (Wildman–Crippen MR) is 301 cm³/mol. The van der Waals surface area contributed by atoms with E-state index in [9.17, 15) is 0 Å². The molecule has 0 amide bonds. The van der Waals surface area contributed by atoms with Crippen LogP contribution in [-0.2, 0) is 0 Å². The van der Waals surface area contributed by atoms with Gasteiger partial charge in [-0.1, -0.05) is 194 Å². The quantitative estimate of drug-likeness (QED) is 0.148. The van der Waals surface area contributed by atoms with E-state index in [1.165, 1.54) is 93.0 Å². The molecule has 12 aromatic carbocycles. The molecule has 0 N–H and O–H groups in total. The summed E-state index contributed by atoms with van der Waals surface area (Å²) >= 11 is 0. The van der Waals surface area contributed by atoms with Crippen molar-refractivity contribution in [2.45, 2.75) is 0 Å². The average Bonchev–Trinajstić information content (AvgIpc) is 3.97. The summed E-state index contributed by atoms with van der Waals surface area (Å²) in [6.07, 6.45) is 0. The second-order valence-electron chi connectivity index (χ2n) is 18.5.